The summed E-state index contributed by atoms with van der Waals surface area (Å²) < 4.78 is 103. The van der Waals surface area contributed by atoms with Crippen LogP contribution in [0.15, 0.2) is 319 Å². The molecule has 9 aliphatic heterocycles. The van der Waals surface area contributed by atoms with Crippen molar-refractivity contribution in [3.63, 3.8) is 0 Å². The molecule has 0 bridgehead atoms. The van der Waals surface area contributed by atoms with Crippen LogP contribution in [0.3, 0.4) is 0 Å². The number of unbranched alkanes of at least 4 members (excludes halogenated alkanes) is 1. The van der Waals surface area contributed by atoms with Crippen LogP contribution >= 0.6 is 43.5 Å². The molecule has 9 heterocycles. The molecule has 17 rings (SSSR count). The minimum Gasteiger partial charge on any atom is -1.00 e. The van der Waals surface area contributed by atoms with Gasteiger partial charge in [-0.05, 0) is 350 Å². The number of Topliss-reactive ketones (excluding diaryl/α,β-unsaturated/α-hetero) is 1. The van der Waals surface area contributed by atoms with Crippen molar-refractivity contribution in [2.24, 2.45) is 0 Å². The minimum absolute atomic E-state index is 0. The maximum Gasteiger partial charge on any atom is 2.00 e. The van der Waals surface area contributed by atoms with Gasteiger partial charge in [0.05, 0.1) is 24.2 Å². The summed E-state index contributed by atoms with van der Waals surface area (Å²) in [5, 5.41) is 6.68. The Kier molecular flexibility index (Phi) is 59.1. The number of nitrogens with zero attached hydrogens (tertiary/aromatic N) is 4. The number of hydrogen-bond acceptors (Lipinski definition) is 9. The number of nitrogens with one attached hydrogen (secondary N) is 2. The molecule has 147 heavy (non-hydrogen) atoms. The second-order valence-corrected chi connectivity index (χ2v) is 39.5. The molecular weight excluding hydrogens is 2100 g/mol. The normalized spacial score (nSPS) is 21.4. The van der Waals surface area contributed by atoms with Crippen molar-refractivity contribution in [3.05, 3.63) is 417 Å². The molecule has 14 unspecified atom stereocenters. The molecule has 784 valence electrons. The van der Waals surface area contributed by atoms with Gasteiger partial charge >= 0.3 is 23.1 Å². The van der Waals surface area contributed by atoms with Gasteiger partial charge < -0.3 is 52.0 Å². The molecule has 0 saturated carbocycles. The Balaban J connectivity index is 0.000000294. The number of rotatable bonds is 26. The zero-order valence-corrected chi connectivity index (χ0v) is 91.0. The monoisotopic (exact) mass is 2240 g/mol. The van der Waals surface area contributed by atoms with E-state index in [9.17, 15) is 68.7 Å². The smallest absolute Gasteiger partial charge is 1.00 e. The summed E-state index contributed by atoms with van der Waals surface area (Å²) in [6.07, 6.45) is 53.5. The number of alkyl halides is 2. The number of amides is 4. The number of ketones is 1. The minimum atomic E-state index is -0.509. The molecule has 9 aliphatic rings. The molecule has 4 amide bonds. The van der Waals surface area contributed by atoms with Crippen molar-refractivity contribution in [3.8, 4) is 0 Å². The number of benzene rings is 8. The Morgan fingerprint density at radius 1 is 0.401 bits per heavy atom. The molecular formula is C121H142Br3ClF8MgN6O7. The average molecular weight is 2240 g/mol. The van der Waals surface area contributed by atoms with Crippen LogP contribution in [-0.4, -0.2) is 120 Å². The van der Waals surface area contributed by atoms with Gasteiger partial charge in [-0.1, -0.05) is 197 Å². The first kappa shape index (κ1) is 125. The Morgan fingerprint density at radius 2 is 0.687 bits per heavy atom. The third kappa shape index (κ3) is 42.6. The molecule has 13 nitrogen and oxygen atoms in total. The number of likely N-dealkylation sites (tertiary alicyclic amines) is 1. The van der Waals surface area contributed by atoms with E-state index in [1.54, 1.807) is 97.1 Å². The Labute approximate surface area is 915 Å². The average Bonchev–Trinajstić information content (AvgIpc) is 0.805. The van der Waals surface area contributed by atoms with Crippen molar-refractivity contribution < 1.29 is 87.1 Å². The molecule has 0 aromatic heterocycles. The van der Waals surface area contributed by atoms with Crippen LogP contribution in [0.1, 0.15) is 291 Å². The zero-order chi connectivity index (χ0) is 105. The van der Waals surface area contributed by atoms with Crippen LogP contribution in [0.2, 0.25) is 0 Å². The molecule has 26 heteroatoms. The van der Waals surface area contributed by atoms with Crippen LogP contribution < -0.4 is 27.6 Å². The SMILES string of the molecule is C=CC(=O)Cl.C=CCC(=O)CCCC(Br)c1ccc(F)cc1.C=CCC1CCCC(c2ccc(F)cc2)N1.C=CCC1CCCC(c2ccc(F)cc2)N1.C=CCC1CCCC(c2ccc(F)cc2)N1C(=O)C=C.C=C[CH2-].O=C1C=CCC2CCCC(c3ccc(F)cc3)N12.O=C1C=CCC2CCCC(c3ccc(F)cc3)N12.O=C1C=CCC2CCCC(c3ccc(F)cc3)N12.O=CCCCC(Br)c1ccc(F)cc1.[Br-].[HH].[Mg+2]. The standard InChI is InChI=1S/C17H20FNO.3C15H16FNO.C14H16BrFO.2C14H18FN.C11H12BrFO.C3H3ClO.C3H5.BrH.Mg.H2/c1-3-6-15-7-5-8-16(19(15)17(20)4-2)13-9-11-14(18)12-10-13;3*16-12-9-7-11(8-10-12)14-5-1-3-13-4-2-6-15(18)17(13)14;1-2-4-13(17)5-3-6-14(15)11-7-9-12(16)10-8-11;2*1-2-4-13-5-3-6-14(16-13)11-7-9-12(15)10-8-11;12-11(3-1-2-8-14)9-4-6-10(13)7-5-9;1-2-3(4)5;1-3-2;;;/h3-4,9-12,15-16H,1-2,5-8H2;3*2,6-10,13-14H,1,3-5H2;2,7-10,14H,1,3-6H2;2*2,7-10,13-14,16H,1,3-6H2;4-8,11H,1-3H2;2H,1H2;3H,1-2H2;1H;;1H/q;;;;;;;;;-1;;+2;/p-1. The topological polar surface area (TPSA) is 157 Å². The summed E-state index contributed by atoms with van der Waals surface area (Å²) in [4.78, 5) is 87.4. The second kappa shape index (κ2) is 69.2. The number of aldehydes is 1. The second-order valence-electron chi connectivity index (χ2n) is 36.9. The summed E-state index contributed by atoms with van der Waals surface area (Å²) in [5.74, 6) is -1.26. The largest absolute Gasteiger partial charge is 2.00 e. The Morgan fingerprint density at radius 3 is 0.986 bits per heavy atom. The first-order valence-corrected chi connectivity index (χ1v) is 52.6. The Hall–Kier alpha value is -10.2. The van der Waals surface area contributed by atoms with E-state index >= 15 is 0 Å². The van der Waals surface area contributed by atoms with E-state index in [4.69, 9.17) is 11.6 Å². The van der Waals surface area contributed by atoms with Gasteiger partial charge in [-0.25, -0.2) is 54.7 Å². The molecule has 14 atom stereocenters. The molecule has 0 aliphatic carbocycles. The fourth-order valence-electron chi connectivity index (χ4n) is 19.7. The summed E-state index contributed by atoms with van der Waals surface area (Å²) in [6.45, 7) is 28.0. The molecule has 8 aromatic carbocycles. The first-order valence-electron chi connectivity index (χ1n) is 50.4. The number of halogens is 12. The predicted octanol–water partition coefficient (Wildman–Crippen LogP) is 27.8. The van der Waals surface area contributed by atoms with Crippen molar-refractivity contribution in [1.29, 1.82) is 0 Å². The van der Waals surface area contributed by atoms with Gasteiger partial charge in [-0.15, -0.1) is 26.3 Å². The number of fused-ring (bicyclic) bond motifs is 3. The van der Waals surface area contributed by atoms with Crippen molar-refractivity contribution in [2.75, 3.05) is 0 Å². The van der Waals surface area contributed by atoms with E-state index in [1.165, 1.54) is 146 Å². The molecule has 0 spiro atoms. The number of piperidine rings is 6. The van der Waals surface area contributed by atoms with E-state index < -0.39 is 5.24 Å². The fourth-order valence-corrected chi connectivity index (χ4v) is 20.9. The maximum atomic E-state index is 13.1. The number of carbonyl (C=O) groups excluding carboxylic acids is 7. The van der Waals surface area contributed by atoms with Gasteiger partial charge in [0.2, 0.25) is 28.9 Å². The maximum absolute atomic E-state index is 13.1. The zero-order valence-electron chi connectivity index (χ0n) is 84.1. The molecule has 6 fully saturated rings. The molecule has 8 aromatic rings. The quantitative estimate of drug-likeness (QED) is 0.00620. The molecule has 6 saturated heterocycles. The van der Waals surface area contributed by atoms with E-state index in [0.717, 1.165) is 200 Å². The van der Waals surface area contributed by atoms with Gasteiger partial charge in [0.25, 0.3) is 0 Å². The van der Waals surface area contributed by atoms with Crippen LogP contribution in [0.4, 0.5) is 35.1 Å². The van der Waals surface area contributed by atoms with Gasteiger partial charge in [0.15, 0.2) is 0 Å². The van der Waals surface area contributed by atoms with Crippen molar-refractivity contribution >= 4 is 107 Å². The van der Waals surface area contributed by atoms with E-state index in [1.807, 2.05) is 80.3 Å². The summed E-state index contributed by atoms with van der Waals surface area (Å²) in [6, 6.07) is 55.8. The number of hydrogen-bond donors (Lipinski definition) is 2. The summed E-state index contributed by atoms with van der Waals surface area (Å²) in [7, 11) is 0. The van der Waals surface area contributed by atoms with Crippen LogP contribution in [0.5, 0.6) is 0 Å². The third-order valence-electron chi connectivity index (χ3n) is 26.7. The first-order chi connectivity index (χ1) is 70.1. The van der Waals surface area contributed by atoms with Gasteiger partial charge in [-0.3, -0.25) is 28.8 Å². The predicted molar refractivity (Wildman–Crippen MR) is 584 cm³/mol. The van der Waals surface area contributed by atoms with Crippen LogP contribution in [0, 0.1) is 53.5 Å². The van der Waals surface area contributed by atoms with E-state index in [-0.39, 0.29) is 157 Å². The number of carbonyl (C=O) groups is 7. The van der Waals surface area contributed by atoms with Gasteiger partial charge in [0.1, 0.15) is 58.6 Å². The van der Waals surface area contributed by atoms with Crippen molar-refractivity contribution in [2.45, 2.75) is 281 Å². The van der Waals surface area contributed by atoms with Crippen LogP contribution in [0.25, 0.3) is 0 Å². The van der Waals surface area contributed by atoms with E-state index in [0.29, 0.717) is 61.6 Å². The third-order valence-corrected chi connectivity index (χ3v) is 28.9. The van der Waals surface area contributed by atoms with Gasteiger partial charge in [-0.2, -0.15) is 0 Å². The van der Waals surface area contributed by atoms with E-state index in [2.05, 4.69) is 95.5 Å². The van der Waals surface area contributed by atoms with Crippen LogP contribution in [-0.2, 0) is 33.6 Å². The summed E-state index contributed by atoms with van der Waals surface area (Å²) in [5.41, 5.74) is 8.60. The Bertz CT molecular complexity index is 5200. The van der Waals surface area contributed by atoms with Gasteiger partial charge in [0, 0.05) is 78.7 Å². The fraction of sp³-hybridized carbons (Fsp3) is 0.372. The number of allylic oxidation sites excluding steroid dienone is 3. The molecule has 2 N–H and O–H groups in total. The van der Waals surface area contributed by atoms with Crippen molar-refractivity contribution in [1.82, 2.24) is 30.2 Å². The molecule has 0 radical (unpaired) electrons. The summed E-state index contributed by atoms with van der Waals surface area (Å²) >= 11 is 11.8.